The molecule has 2 aromatic heterocycles. The van der Waals surface area contributed by atoms with Crippen molar-refractivity contribution in [2.45, 2.75) is 0 Å². The van der Waals surface area contributed by atoms with Gasteiger partial charge in [0.15, 0.2) is 5.78 Å². The maximum absolute atomic E-state index is 12.5. The second kappa shape index (κ2) is 5.54. The van der Waals surface area contributed by atoms with E-state index in [9.17, 15) is 4.79 Å². The largest absolute Gasteiger partial charge is 0.360 e. The molecule has 23 heavy (non-hydrogen) atoms. The monoisotopic (exact) mass is 298 g/mol. The molecule has 0 saturated carbocycles. The molecule has 0 aliphatic carbocycles. The van der Waals surface area contributed by atoms with Gasteiger partial charge in [-0.1, -0.05) is 42.5 Å². The zero-order valence-electron chi connectivity index (χ0n) is 12.4. The zero-order valence-corrected chi connectivity index (χ0v) is 12.4. The number of hydrogen-bond acceptors (Lipinski definition) is 2. The molecule has 110 valence electrons. The Morgan fingerprint density at radius 3 is 2.65 bits per heavy atom. The molecule has 4 rings (SSSR count). The number of nitrogens with one attached hydrogen (secondary N) is 1. The minimum absolute atomic E-state index is 0.0182. The van der Waals surface area contributed by atoms with E-state index >= 15 is 0 Å². The summed E-state index contributed by atoms with van der Waals surface area (Å²) in [6.45, 7) is 0. The summed E-state index contributed by atoms with van der Waals surface area (Å²) in [6.07, 6.45) is 8.81. The standard InChI is InChI=1S/C20H14N2O/c23-20(18-13-22-19-8-4-3-7-17(18)19)10-9-15-12-21-11-14-5-1-2-6-16(14)15/h1-13,22H/b10-9+. The van der Waals surface area contributed by atoms with Gasteiger partial charge in [0.2, 0.25) is 0 Å². The molecule has 0 unspecified atom stereocenters. The first-order valence-corrected chi connectivity index (χ1v) is 7.44. The van der Waals surface area contributed by atoms with Crippen molar-refractivity contribution in [3.63, 3.8) is 0 Å². The van der Waals surface area contributed by atoms with E-state index in [0.717, 1.165) is 27.2 Å². The van der Waals surface area contributed by atoms with Crippen molar-refractivity contribution < 1.29 is 4.79 Å². The number of fused-ring (bicyclic) bond motifs is 2. The minimum Gasteiger partial charge on any atom is -0.360 e. The first kappa shape index (κ1) is 13.5. The number of H-pyrrole nitrogens is 1. The molecule has 0 radical (unpaired) electrons. The molecule has 3 heteroatoms. The molecule has 0 amide bonds. The van der Waals surface area contributed by atoms with Crippen LogP contribution in [0.25, 0.3) is 27.8 Å². The van der Waals surface area contributed by atoms with Gasteiger partial charge in [-0.25, -0.2) is 0 Å². The van der Waals surface area contributed by atoms with Gasteiger partial charge in [-0.3, -0.25) is 9.78 Å². The molecule has 0 atom stereocenters. The highest BCUT2D eigenvalue weighted by Crippen LogP contribution is 2.21. The van der Waals surface area contributed by atoms with E-state index in [4.69, 9.17) is 0 Å². The lowest BCUT2D eigenvalue weighted by Crippen LogP contribution is -1.92. The number of ketones is 1. The summed E-state index contributed by atoms with van der Waals surface area (Å²) in [5, 5.41) is 3.10. The van der Waals surface area contributed by atoms with Gasteiger partial charge in [-0.15, -0.1) is 0 Å². The highest BCUT2D eigenvalue weighted by Gasteiger charge is 2.08. The Morgan fingerprint density at radius 2 is 1.74 bits per heavy atom. The molecule has 0 aliphatic heterocycles. The van der Waals surface area contributed by atoms with E-state index in [1.807, 2.05) is 60.8 Å². The predicted molar refractivity (Wildman–Crippen MR) is 93.4 cm³/mol. The number of carbonyl (C=O) groups excluding carboxylic acids is 1. The van der Waals surface area contributed by atoms with E-state index < -0.39 is 0 Å². The fraction of sp³-hybridized carbons (Fsp3) is 0. The first-order chi connectivity index (χ1) is 11.3. The molecule has 1 N–H and O–H groups in total. The molecule has 2 aromatic carbocycles. The average Bonchev–Trinajstić information content (AvgIpc) is 3.04. The van der Waals surface area contributed by atoms with Crippen LogP contribution >= 0.6 is 0 Å². The third kappa shape index (κ3) is 2.42. The van der Waals surface area contributed by atoms with Gasteiger partial charge in [-0.05, 0) is 23.6 Å². The van der Waals surface area contributed by atoms with Crippen LogP contribution in [0.3, 0.4) is 0 Å². The Bertz CT molecular complexity index is 1040. The van der Waals surface area contributed by atoms with Gasteiger partial charge in [0.05, 0.1) is 0 Å². The SMILES string of the molecule is O=C(/C=C/c1cncc2ccccc12)c1c[nH]c2ccccc12. The van der Waals surface area contributed by atoms with Crippen LogP contribution in [0.2, 0.25) is 0 Å². The van der Waals surface area contributed by atoms with E-state index in [0.29, 0.717) is 5.56 Å². The fourth-order valence-electron chi connectivity index (χ4n) is 2.80. The molecule has 2 heterocycles. The van der Waals surface area contributed by atoms with E-state index in [2.05, 4.69) is 9.97 Å². The van der Waals surface area contributed by atoms with E-state index in [1.165, 1.54) is 0 Å². The highest BCUT2D eigenvalue weighted by molar-refractivity contribution is 6.15. The third-order valence-corrected chi connectivity index (χ3v) is 3.97. The molecular weight excluding hydrogens is 284 g/mol. The number of benzene rings is 2. The van der Waals surface area contributed by atoms with Gasteiger partial charge < -0.3 is 4.98 Å². The van der Waals surface area contributed by atoms with Crippen LogP contribution in [0.4, 0.5) is 0 Å². The van der Waals surface area contributed by atoms with Crippen molar-refractivity contribution in [3.8, 4) is 0 Å². The topological polar surface area (TPSA) is 45.8 Å². The second-order valence-electron chi connectivity index (χ2n) is 5.40. The van der Waals surface area contributed by atoms with Crippen LogP contribution in [0, 0.1) is 0 Å². The Labute approximate surface area is 133 Å². The average molecular weight is 298 g/mol. The summed E-state index contributed by atoms with van der Waals surface area (Å²) in [4.78, 5) is 19.9. The maximum Gasteiger partial charge on any atom is 0.188 e. The van der Waals surface area contributed by atoms with Crippen molar-refractivity contribution in [3.05, 3.63) is 84.3 Å². The lowest BCUT2D eigenvalue weighted by atomic mass is 10.1. The second-order valence-corrected chi connectivity index (χ2v) is 5.40. The van der Waals surface area contributed by atoms with Crippen LogP contribution in [-0.4, -0.2) is 15.8 Å². The zero-order chi connectivity index (χ0) is 15.6. The van der Waals surface area contributed by atoms with Gasteiger partial charge in [0.25, 0.3) is 0 Å². The number of rotatable bonds is 3. The molecule has 0 fully saturated rings. The molecule has 4 aromatic rings. The van der Waals surface area contributed by atoms with Crippen LogP contribution in [-0.2, 0) is 0 Å². The molecule has 0 aliphatic rings. The quantitative estimate of drug-likeness (QED) is 0.443. The lowest BCUT2D eigenvalue weighted by molar-refractivity contribution is 0.104. The highest BCUT2D eigenvalue weighted by atomic mass is 16.1. The summed E-state index contributed by atoms with van der Waals surface area (Å²) >= 11 is 0. The van der Waals surface area contributed by atoms with Gasteiger partial charge in [0.1, 0.15) is 0 Å². The summed E-state index contributed by atoms with van der Waals surface area (Å²) in [5.74, 6) is -0.0182. The number of para-hydroxylation sites is 1. The van der Waals surface area contributed by atoms with E-state index in [1.54, 1.807) is 18.5 Å². The smallest absolute Gasteiger partial charge is 0.188 e. The summed E-state index contributed by atoms with van der Waals surface area (Å²) in [5.41, 5.74) is 2.59. The van der Waals surface area contributed by atoms with Crippen molar-refractivity contribution >= 4 is 33.5 Å². The number of pyridine rings is 1. The van der Waals surface area contributed by atoms with Crippen molar-refractivity contribution in [2.24, 2.45) is 0 Å². The van der Waals surface area contributed by atoms with E-state index in [-0.39, 0.29) is 5.78 Å². The molecule has 3 nitrogen and oxygen atoms in total. The third-order valence-electron chi connectivity index (χ3n) is 3.97. The van der Waals surface area contributed by atoms with Gasteiger partial charge >= 0.3 is 0 Å². The normalized spacial score (nSPS) is 11.5. The number of carbonyl (C=O) groups is 1. The number of aromatic amines is 1. The number of aromatic nitrogens is 2. The number of hydrogen-bond donors (Lipinski definition) is 1. The summed E-state index contributed by atoms with van der Waals surface area (Å²) in [6, 6.07) is 15.8. The Balaban J connectivity index is 1.72. The van der Waals surface area contributed by atoms with Crippen LogP contribution in [0.5, 0.6) is 0 Å². The summed E-state index contributed by atoms with van der Waals surface area (Å²) < 4.78 is 0. The van der Waals surface area contributed by atoms with Crippen molar-refractivity contribution in [2.75, 3.05) is 0 Å². The van der Waals surface area contributed by atoms with Crippen LogP contribution < -0.4 is 0 Å². The van der Waals surface area contributed by atoms with Crippen LogP contribution in [0.1, 0.15) is 15.9 Å². The molecule has 0 saturated heterocycles. The Hall–Kier alpha value is -3.20. The van der Waals surface area contributed by atoms with Crippen LogP contribution in [0.15, 0.2) is 73.2 Å². The predicted octanol–water partition coefficient (Wildman–Crippen LogP) is 4.61. The van der Waals surface area contributed by atoms with Crippen molar-refractivity contribution in [1.82, 2.24) is 9.97 Å². The Morgan fingerprint density at radius 1 is 0.957 bits per heavy atom. The van der Waals surface area contributed by atoms with Crippen molar-refractivity contribution in [1.29, 1.82) is 0 Å². The number of nitrogens with zero attached hydrogens (tertiary/aromatic N) is 1. The fourth-order valence-corrected chi connectivity index (χ4v) is 2.80. The first-order valence-electron chi connectivity index (χ1n) is 7.44. The minimum atomic E-state index is -0.0182. The molecular formula is C20H14N2O. The lowest BCUT2D eigenvalue weighted by Gasteiger charge is -2.00. The maximum atomic E-state index is 12.5. The molecule has 0 spiro atoms. The number of allylic oxidation sites excluding steroid dienone is 1. The van der Waals surface area contributed by atoms with Gasteiger partial charge in [-0.2, -0.15) is 0 Å². The Kier molecular flexibility index (Phi) is 3.24. The summed E-state index contributed by atoms with van der Waals surface area (Å²) in [7, 11) is 0. The molecule has 0 bridgehead atoms. The van der Waals surface area contributed by atoms with Gasteiger partial charge in [0, 0.05) is 46.0 Å².